The minimum Gasteiger partial charge on any atom is -0.330 e. The Kier molecular flexibility index (Phi) is 4.98. The van der Waals surface area contributed by atoms with Crippen LogP contribution in [0, 0.1) is 0 Å². The first-order chi connectivity index (χ1) is 8.40. The lowest BCUT2D eigenvalue weighted by Gasteiger charge is -2.36. The zero-order valence-electron chi connectivity index (χ0n) is 10.4. The summed E-state index contributed by atoms with van der Waals surface area (Å²) >= 11 is 0. The summed E-state index contributed by atoms with van der Waals surface area (Å²) in [6, 6.07) is 11.4. The Balaban J connectivity index is 1.92. The van der Waals surface area contributed by atoms with E-state index in [2.05, 4.69) is 40.5 Å². The number of piperazine rings is 1. The molecule has 1 atom stereocenters. The summed E-state index contributed by atoms with van der Waals surface area (Å²) < 4.78 is 0. The van der Waals surface area contributed by atoms with Gasteiger partial charge < -0.3 is 11.1 Å². The lowest BCUT2D eigenvalue weighted by molar-refractivity contribution is 0.159. The highest BCUT2D eigenvalue weighted by Gasteiger charge is 2.21. The predicted octanol–water partition coefficient (Wildman–Crippen LogP) is 0.852. The Morgan fingerprint density at radius 3 is 2.88 bits per heavy atom. The maximum atomic E-state index is 5.60. The van der Waals surface area contributed by atoms with E-state index in [1.54, 1.807) is 0 Å². The van der Waals surface area contributed by atoms with E-state index in [0.29, 0.717) is 6.04 Å². The van der Waals surface area contributed by atoms with Crippen molar-refractivity contribution in [2.45, 2.75) is 18.9 Å². The van der Waals surface area contributed by atoms with Crippen molar-refractivity contribution in [3.63, 3.8) is 0 Å². The van der Waals surface area contributed by atoms with E-state index >= 15 is 0 Å². The zero-order chi connectivity index (χ0) is 11.9. The summed E-state index contributed by atoms with van der Waals surface area (Å²) in [4.78, 5) is 2.58. The number of nitrogens with one attached hydrogen (secondary N) is 1. The Labute approximate surface area is 104 Å². The molecule has 3 nitrogen and oxygen atoms in total. The lowest BCUT2D eigenvalue weighted by Crippen LogP contribution is -2.52. The average molecular weight is 233 g/mol. The van der Waals surface area contributed by atoms with Crippen LogP contribution in [-0.2, 0) is 6.42 Å². The molecular weight excluding hydrogens is 210 g/mol. The molecule has 1 fully saturated rings. The second-order valence-electron chi connectivity index (χ2n) is 4.73. The van der Waals surface area contributed by atoms with Crippen LogP contribution >= 0.6 is 0 Å². The number of benzene rings is 1. The van der Waals surface area contributed by atoms with Gasteiger partial charge in [0.15, 0.2) is 0 Å². The first-order valence-electron chi connectivity index (χ1n) is 6.59. The van der Waals surface area contributed by atoms with Gasteiger partial charge in [0.1, 0.15) is 0 Å². The first kappa shape index (κ1) is 12.6. The molecule has 1 aromatic carbocycles. The second-order valence-corrected chi connectivity index (χ2v) is 4.73. The van der Waals surface area contributed by atoms with Crippen molar-refractivity contribution < 1.29 is 0 Å². The molecule has 3 heteroatoms. The van der Waals surface area contributed by atoms with Crippen LogP contribution in [0.2, 0.25) is 0 Å². The van der Waals surface area contributed by atoms with Crippen LogP contribution in [0.1, 0.15) is 12.0 Å². The van der Waals surface area contributed by atoms with Gasteiger partial charge in [0.2, 0.25) is 0 Å². The highest BCUT2D eigenvalue weighted by atomic mass is 15.2. The maximum absolute atomic E-state index is 5.60. The lowest BCUT2D eigenvalue weighted by atomic mass is 10.0. The van der Waals surface area contributed by atoms with Crippen LogP contribution in [0.25, 0.3) is 0 Å². The summed E-state index contributed by atoms with van der Waals surface area (Å²) in [5.74, 6) is 0. The standard InChI is InChI=1S/C14H23N3/c15-7-4-9-17-10-8-16-12-14(17)11-13-5-2-1-3-6-13/h1-3,5-6,14,16H,4,7-12,15H2. The van der Waals surface area contributed by atoms with Gasteiger partial charge in [0.25, 0.3) is 0 Å². The van der Waals surface area contributed by atoms with Gasteiger partial charge in [-0.3, -0.25) is 4.90 Å². The van der Waals surface area contributed by atoms with Crippen molar-refractivity contribution in [3.8, 4) is 0 Å². The Hall–Kier alpha value is -0.900. The summed E-state index contributed by atoms with van der Waals surface area (Å²) in [5, 5.41) is 3.49. The molecule has 1 saturated heterocycles. The Morgan fingerprint density at radius 2 is 2.12 bits per heavy atom. The van der Waals surface area contributed by atoms with Crippen LogP contribution in [0.15, 0.2) is 30.3 Å². The molecule has 0 aliphatic carbocycles. The molecular formula is C14H23N3. The third-order valence-electron chi connectivity index (χ3n) is 3.44. The van der Waals surface area contributed by atoms with Crippen molar-refractivity contribution in [1.29, 1.82) is 0 Å². The first-order valence-corrected chi connectivity index (χ1v) is 6.59. The summed E-state index contributed by atoms with van der Waals surface area (Å²) in [7, 11) is 0. The normalized spacial score (nSPS) is 21.6. The fourth-order valence-corrected chi connectivity index (χ4v) is 2.48. The molecule has 0 spiro atoms. The molecule has 17 heavy (non-hydrogen) atoms. The van der Waals surface area contributed by atoms with Crippen LogP contribution in [0.3, 0.4) is 0 Å². The summed E-state index contributed by atoms with van der Waals surface area (Å²) in [5.41, 5.74) is 7.03. The molecule has 0 bridgehead atoms. The van der Waals surface area contributed by atoms with Gasteiger partial charge in [0.05, 0.1) is 0 Å². The molecule has 1 aliphatic rings. The van der Waals surface area contributed by atoms with Gasteiger partial charge in [-0.1, -0.05) is 30.3 Å². The summed E-state index contributed by atoms with van der Waals surface area (Å²) in [6.45, 7) is 5.28. The predicted molar refractivity (Wildman–Crippen MR) is 72.0 cm³/mol. The number of hydrogen-bond donors (Lipinski definition) is 2. The van der Waals surface area contributed by atoms with Crippen LogP contribution in [0.5, 0.6) is 0 Å². The molecule has 1 unspecified atom stereocenters. The molecule has 0 radical (unpaired) electrons. The minimum atomic E-state index is 0.623. The van der Waals surface area contributed by atoms with E-state index in [9.17, 15) is 0 Å². The van der Waals surface area contributed by atoms with Crippen molar-refractivity contribution >= 4 is 0 Å². The van der Waals surface area contributed by atoms with E-state index in [1.165, 1.54) is 5.56 Å². The second kappa shape index (κ2) is 6.74. The third kappa shape index (κ3) is 3.80. The van der Waals surface area contributed by atoms with Gasteiger partial charge in [-0.05, 0) is 31.5 Å². The number of rotatable bonds is 5. The molecule has 1 aromatic rings. The number of hydrogen-bond acceptors (Lipinski definition) is 3. The largest absolute Gasteiger partial charge is 0.330 e. The van der Waals surface area contributed by atoms with E-state index in [-0.39, 0.29) is 0 Å². The fraction of sp³-hybridized carbons (Fsp3) is 0.571. The highest BCUT2D eigenvalue weighted by Crippen LogP contribution is 2.11. The summed E-state index contributed by atoms with van der Waals surface area (Å²) in [6.07, 6.45) is 2.24. The molecule has 0 amide bonds. The van der Waals surface area contributed by atoms with Gasteiger partial charge in [-0.2, -0.15) is 0 Å². The van der Waals surface area contributed by atoms with Crippen molar-refractivity contribution in [2.24, 2.45) is 5.73 Å². The van der Waals surface area contributed by atoms with E-state index in [0.717, 1.165) is 45.6 Å². The highest BCUT2D eigenvalue weighted by molar-refractivity contribution is 5.16. The van der Waals surface area contributed by atoms with Crippen molar-refractivity contribution in [2.75, 3.05) is 32.7 Å². The SMILES string of the molecule is NCCCN1CCNCC1Cc1ccccc1. The number of nitrogens with two attached hydrogens (primary N) is 1. The molecule has 1 aliphatic heterocycles. The van der Waals surface area contributed by atoms with Crippen LogP contribution < -0.4 is 11.1 Å². The van der Waals surface area contributed by atoms with Crippen LogP contribution in [0.4, 0.5) is 0 Å². The maximum Gasteiger partial charge on any atom is 0.0261 e. The van der Waals surface area contributed by atoms with E-state index < -0.39 is 0 Å². The van der Waals surface area contributed by atoms with Gasteiger partial charge in [0, 0.05) is 25.7 Å². The topological polar surface area (TPSA) is 41.3 Å². The Bertz CT molecular complexity index is 313. The average Bonchev–Trinajstić information content (AvgIpc) is 2.39. The van der Waals surface area contributed by atoms with E-state index in [4.69, 9.17) is 5.73 Å². The third-order valence-corrected chi connectivity index (χ3v) is 3.44. The smallest absolute Gasteiger partial charge is 0.0261 e. The van der Waals surface area contributed by atoms with Crippen molar-refractivity contribution in [3.05, 3.63) is 35.9 Å². The number of nitrogens with zero attached hydrogens (tertiary/aromatic N) is 1. The monoisotopic (exact) mass is 233 g/mol. The molecule has 2 rings (SSSR count). The zero-order valence-corrected chi connectivity index (χ0v) is 10.4. The minimum absolute atomic E-state index is 0.623. The molecule has 0 aromatic heterocycles. The molecule has 3 N–H and O–H groups in total. The fourth-order valence-electron chi connectivity index (χ4n) is 2.48. The molecule has 94 valence electrons. The van der Waals surface area contributed by atoms with Gasteiger partial charge in [-0.25, -0.2) is 0 Å². The van der Waals surface area contributed by atoms with Gasteiger partial charge >= 0.3 is 0 Å². The molecule has 0 saturated carbocycles. The van der Waals surface area contributed by atoms with Crippen LogP contribution in [-0.4, -0.2) is 43.7 Å². The van der Waals surface area contributed by atoms with Gasteiger partial charge in [-0.15, -0.1) is 0 Å². The van der Waals surface area contributed by atoms with E-state index in [1.807, 2.05) is 0 Å². The Morgan fingerprint density at radius 1 is 1.29 bits per heavy atom. The quantitative estimate of drug-likeness (QED) is 0.792. The molecule has 1 heterocycles. The van der Waals surface area contributed by atoms with Crippen molar-refractivity contribution in [1.82, 2.24) is 10.2 Å².